The second kappa shape index (κ2) is 5.24. The van der Waals surface area contributed by atoms with Crippen molar-refractivity contribution in [1.29, 1.82) is 0 Å². The van der Waals surface area contributed by atoms with E-state index in [0.29, 0.717) is 0 Å². The van der Waals surface area contributed by atoms with Gasteiger partial charge in [-0.25, -0.2) is 9.59 Å². The Balaban J connectivity index is 4.01. The normalized spacial score (nSPS) is 9.90. The maximum Gasteiger partial charge on any atom is 0.410 e. The smallest absolute Gasteiger partial charge is 0.410 e. The lowest BCUT2D eigenvalue weighted by molar-refractivity contribution is 0.0685. The summed E-state index contributed by atoms with van der Waals surface area (Å²) in [5.41, 5.74) is 11.2. The first-order chi connectivity index (χ1) is 9.59. The zero-order chi connectivity index (χ0) is 16.5. The summed E-state index contributed by atoms with van der Waals surface area (Å²) in [6, 6.07) is 0. The summed E-state index contributed by atoms with van der Waals surface area (Å²) in [5.74, 6) is -8.52. The van der Waals surface area contributed by atoms with Crippen molar-refractivity contribution in [2.45, 2.75) is 0 Å². The number of aromatic carboxylic acids is 1. The second-order valence-corrected chi connectivity index (χ2v) is 3.61. The van der Waals surface area contributed by atoms with Crippen LogP contribution in [-0.4, -0.2) is 39.2 Å². The zero-order valence-electron chi connectivity index (χ0n) is 10.1. The number of nitrogens with two attached hydrogens (primary N) is 3. The van der Waals surface area contributed by atoms with Gasteiger partial charge in [-0.05, 0) is 0 Å². The van der Waals surface area contributed by atoms with E-state index >= 15 is 0 Å². The maximum atomic E-state index is 11.3. The molecule has 9 N–H and O–H groups in total. The molecule has 0 heterocycles. The highest BCUT2D eigenvalue weighted by molar-refractivity contribution is 6.15. The van der Waals surface area contributed by atoms with Crippen LogP contribution in [0.2, 0.25) is 0 Å². The molecule has 0 aliphatic rings. The van der Waals surface area contributed by atoms with E-state index in [2.05, 4.69) is 4.74 Å². The molecule has 0 bridgehead atoms. The Bertz CT molecular complexity index is 682. The van der Waals surface area contributed by atoms with Crippen LogP contribution in [0.15, 0.2) is 0 Å². The van der Waals surface area contributed by atoms with E-state index in [9.17, 15) is 29.4 Å². The molecule has 11 heteroatoms. The average molecular weight is 299 g/mol. The topological polar surface area (TPSA) is 216 Å². The minimum atomic E-state index is -1.89. The average Bonchev–Trinajstić information content (AvgIpc) is 2.32. The van der Waals surface area contributed by atoms with Crippen LogP contribution in [0.5, 0.6) is 17.2 Å². The minimum Gasteiger partial charge on any atom is -0.504 e. The van der Waals surface area contributed by atoms with Crippen LogP contribution in [0.3, 0.4) is 0 Å². The van der Waals surface area contributed by atoms with Crippen molar-refractivity contribution in [2.24, 2.45) is 17.2 Å². The van der Waals surface area contributed by atoms with E-state index in [0.717, 1.165) is 0 Å². The molecule has 0 radical (unpaired) electrons. The molecule has 21 heavy (non-hydrogen) atoms. The van der Waals surface area contributed by atoms with Crippen molar-refractivity contribution in [2.75, 3.05) is 0 Å². The lowest BCUT2D eigenvalue weighted by Gasteiger charge is -2.15. The van der Waals surface area contributed by atoms with Gasteiger partial charge in [-0.1, -0.05) is 0 Å². The van der Waals surface area contributed by atoms with Crippen molar-refractivity contribution in [3.8, 4) is 17.2 Å². The molecule has 0 aliphatic carbocycles. The zero-order valence-corrected chi connectivity index (χ0v) is 10.1. The summed E-state index contributed by atoms with van der Waals surface area (Å²) in [7, 11) is 0. The van der Waals surface area contributed by atoms with Gasteiger partial charge in [0.1, 0.15) is 11.1 Å². The van der Waals surface area contributed by atoms with Gasteiger partial charge in [0.15, 0.2) is 11.5 Å². The number of carboxylic acid groups (broad SMARTS) is 1. The molecule has 11 nitrogen and oxygen atoms in total. The number of amides is 3. The van der Waals surface area contributed by atoms with Crippen molar-refractivity contribution in [3.63, 3.8) is 0 Å². The van der Waals surface area contributed by atoms with Crippen LogP contribution >= 0.6 is 0 Å². The molecule has 0 aliphatic heterocycles. The van der Waals surface area contributed by atoms with Crippen molar-refractivity contribution in [1.82, 2.24) is 0 Å². The molecule has 1 aromatic rings. The van der Waals surface area contributed by atoms with Crippen LogP contribution in [0, 0.1) is 0 Å². The third-order valence-corrected chi connectivity index (χ3v) is 2.31. The number of primary amides is 3. The third-order valence-electron chi connectivity index (χ3n) is 2.31. The second-order valence-electron chi connectivity index (χ2n) is 3.61. The molecule has 1 aromatic carbocycles. The van der Waals surface area contributed by atoms with E-state index in [1.54, 1.807) is 0 Å². The fourth-order valence-corrected chi connectivity index (χ4v) is 1.59. The van der Waals surface area contributed by atoms with Crippen LogP contribution in [0.1, 0.15) is 31.1 Å². The number of benzene rings is 1. The van der Waals surface area contributed by atoms with E-state index in [4.69, 9.17) is 22.3 Å². The van der Waals surface area contributed by atoms with E-state index in [-0.39, 0.29) is 0 Å². The Labute approximate surface area is 115 Å². The molecular weight excluding hydrogens is 290 g/mol. The predicted molar refractivity (Wildman–Crippen MR) is 64.0 cm³/mol. The Morgan fingerprint density at radius 3 is 1.62 bits per heavy atom. The number of phenols is 2. The predicted octanol–water partition coefficient (Wildman–Crippen LogP) is -1.55. The minimum absolute atomic E-state index is 1.05. The molecule has 112 valence electrons. The fourth-order valence-electron chi connectivity index (χ4n) is 1.59. The van der Waals surface area contributed by atoms with Gasteiger partial charge in [-0.2, -0.15) is 0 Å². The first kappa shape index (κ1) is 15.6. The lowest BCUT2D eigenvalue weighted by atomic mass is 9.96. The van der Waals surface area contributed by atoms with Gasteiger partial charge < -0.3 is 37.3 Å². The number of ether oxygens (including phenoxy) is 1. The van der Waals surface area contributed by atoms with E-state index in [1.165, 1.54) is 0 Å². The summed E-state index contributed by atoms with van der Waals surface area (Å²) in [6.45, 7) is 0. The monoisotopic (exact) mass is 299 g/mol. The summed E-state index contributed by atoms with van der Waals surface area (Å²) >= 11 is 0. The maximum absolute atomic E-state index is 11.3. The van der Waals surface area contributed by atoms with Gasteiger partial charge in [0.05, 0.1) is 5.56 Å². The Kier molecular flexibility index (Phi) is 3.88. The molecule has 0 saturated heterocycles. The molecular formula is C10H9N3O8. The summed E-state index contributed by atoms with van der Waals surface area (Å²) in [4.78, 5) is 44.5. The SMILES string of the molecule is NC(=O)Oc1c(O)c(O)c(C(N)=O)c(C(=O)O)c1C(N)=O. The molecule has 0 unspecified atom stereocenters. The van der Waals surface area contributed by atoms with Crippen molar-refractivity contribution >= 4 is 23.9 Å². The lowest BCUT2D eigenvalue weighted by Crippen LogP contribution is -2.26. The molecule has 0 aromatic heterocycles. The number of rotatable bonds is 4. The van der Waals surface area contributed by atoms with Gasteiger partial charge in [0.2, 0.25) is 5.75 Å². The van der Waals surface area contributed by atoms with Gasteiger partial charge in [-0.15, -0.1) is 0 Å². The highest BCUT2D eigenvalue weighted by atomic mass is 16.6. The number of hydrogen-bond acceptors (Lipinski definition) is 7. The van der Waals surface area contributed by atoms with Gasteiger partial charge in [0.25, 0.3) is 11.8 Å². The number of aromatic hydroxyl groups is 2. The largest absolute Gasteiger partial charge is 0.504 e. The Morgan fingerprint density at radius 2 is 1.29 bits per heavy atom. The molecule has 0 atom stereocenters. The number of carbonyl (C=O) groups excluding carboxylic acids is 3. The molecule has 3 amide bonds. The first-order valence-corrected chi connectivity index (χ1v) is 5.01. The number of hydrogen-bond donors (Lipinski definition) is 6. The summed E-state index contributed by atoms with van der Waals surface area (Å²) in [5, 5.41) is 28.3. The molecule has 0 fully saturated rings. The van der Waals surface area contributed by atoms with Crippen LogP contribution < -0.4 is 21.9 Å². The van der Waals surface area contributed by atoms with Crippen LogP contribution in [-0.2, 0) is 0 Å². The van der Waals surface area contributed by atoms with Crippen LogP contribution in [0.25, 0.3) is 0 Å². The highest BCUT2D eigenvalue weighted by Crippen LogP contribution is 2.43. The summed E-state index contributed by atoms with van der Waals surface area (Å²) < 4.78 is 4.26. The van der Waals surface area contributed by atoms with Gasteiger partial charge >= 0.3 is 12.1 Å². The standard InChI is InChI=1S/C10H9N3O8/c11-7(16)2-1(9(18)19)3(8(12)17)6(21-10(13)20)5(15)4(2)14/h14-15H,(H2,11,16)(H2,12,17)(H2,13,20)(H,18,19). The van der Waals surface area contributed by atoms with E-state index in [1.807, 2.05) is 0 Å². The Hall–Kier alpha value is -3.50. The van der Waals surface area contributed by atoms with Crippen LogP contribution in [0.4, 0.5) is 4.79 Å². The quantitative estimate of drug-likeness (QED) is 0.356. The molecule has 0 saturated carbocycles. The van der Waals surface area contributed by atoms with Gasteiger partial charge in [-0.3, -0.25) is 9.59 Å². The van der Waals surface area contributed by atoms with E-state index < -0.39 is 57.8 Å². The Morgan fingerprint density at radius 1 is 0.810 bits per heavy atom. The highest BCUT2D eigenvalue weighted by Gasteiger charge is 2.34. The van der Waals surface area contributed by atoms with Crippen molar-refractivity contribution in [3.05, 3.63) is 16.7 Å². The van der Waals surface area contributed by atoms with Gasteiger partial charge in [0, 0.05) is 0 Å². The molecule has 0 spiro atoms. The number of carbonyl (C=O) groups is 4. The number of phenolic OH excluding ortho intramolecular Hbond substituents is 1. The van der Waals surface area contributed by atoms with Crippen molar-refractivity contribution < 1.29 is 39.2 Å². The third kappa shape index (κ3) is 2.60. The fraction of sp³-hybridized carbons (Fsp3) is 0. The first-order valence-electron chi connectivity index (χ1n) is 5.01. The number of carboxylic acids is 1. The summed E-state index contributed by atoms with van der Waals surface area (Å²) in [6.07, 6.45) is -1.53. The molecule has 1 rings (SSSR count).